The molecule has 2 aliphatic heterocycles. The van der Waals surface area contributed by atoms with Gasteiger partial charge < -0.3 is 10.2 Å². The molecule has 25 heavy (non-hydrogen) atoms. The minimum absolute atomic E-state index is 0.153. The molecule has 1 aromatic heterocycles. The van der Waals surface area contributed by atoms with Crippen LogP contribution in [0.2, 0.25) is 0 Å². The van der Waals surface area contributed by atoms with Crippen molar-refractivity contribution in [3.05, 3.63) is 22.4 Å². The molecule has 0 spiro atoms. The van der Waals surface area contributed by atoms with Crippen LogP contribution in [-0.2, 0) is 4.79 Å². The van der Waals surface area contributed by atoms with Gasteiger partial charge in [-0.05, 0) is 56.5 Å². The number of piperidine rings is 2. The van der Waals surface area contributed by atoms with Gasteiger partial charge >= 0.3 is 0 Å². The SMILES string of the molecule is O=C(NC1CC1)[C@H]1CCCN(C2CCN(C(=O)c3cccs3)CC2)C1. The third-order valence-electron chi connectivity index (χ3n) is 5.75. The molecule has 1 saturated carbocycles. The number of amides is 2. The topological polar surface area (TPSA) is 52.7 Å². The van der Waals surface area contributed by atoms with Crippen LogP contribution < -0.4 is 5.32 Å². The maximum absolute atomic E-state index is 12.5. The lowest BCUT2D eigenvalue weighted by Crippen LogP contribution is -2.51. The number of rotatable bonds is 4. The molecule has 2 amide bonds. The van der Waals surface area contributed by atoms with Crippen molar-refractivity contribution in [3.8, 4) is 0 Å². The van der Waals surface area contributed by atoms with Crippen molar-refractivity contribution >= 4 is 23.2 Å². The second-order valence-corrected chi connectivity index (χ2v) is 8.57. The lowest BCUT2D eigenvalue weighted by molar-refractivity contribution is -0.127. The number of carbonyl (C=O) groups is 2. The number of hydrogen-bond acceptors (Lipinski definition) is 4. The average Bonchev–Trinajstić information content (AvgIpc) is 3.30. The Balaban J connectivity index is 1.28. The van der Waals surface area contributed by atoms with Crippen molar-refractivity contribution in [1.82, 2.24) is 15.1 Å². The van der Waals surface area contributed by atoms with E-state index in [1.807, 2.05) is 22.4 Å². The molecule has 3 heterocycles. The van der Waals surface area contributed by atoms with E-state index in [-0.39, 0.29) is 17.7 Å². The molecule has 1 aliphatic carbocycles. The largest absolute Gasteiger partial charge is 0.353 e. The fourth-order valence-electron chi connectivity index (χ4n) is 4.09. The molecule has 2 saturated heterocycles. The second-order valence-electron chi connectivity index (χ2n) is 7.62. The summed E-state index contributed by atoms with van der Waals surface area (Å²) in [6.07, 6.45) is 6.47. The summed E-state index contributed by atoms with van der Waals surface area (Å²) < 4.78 is 0. The maximum Gasteiger partial charge on any atom is 0.263 e. The van der Waals surface area contributed by atoms with Gasteiger partial charge in [0.15, 0.2) is 0 Å². The van der Waals surface area contributed by atoms with Crippen LogP contribution in [0.15, 0.2) is 17.5 Å². The molecule has 6 heteroatoms. The van der Waals surface area contributed by atoms with E-state index >= 15 is 0 Å². The Hall–Kier alpha value is -1.40. The summed E-state index contributed by atoms with van der Waals surface area (Å²) in [5.74, 6) is 0.589. The molecule has 0 radical (unpaired) electrons. The molecule has 0 bridgehead atoms. The average molecular weight is 362 g/mol. The lowest BCUT2D eigenvalue weighted by atomic mass is 9.93. The molecule has 136 valence electrons. The monoisotopic (exact) mass is 361 g/mol. The summed E-state index contributed by atoms with van der Waals surface area (Å²) in [6.45, 7) is 3.65. The van der Waals surface area contributed by atoms with Gasteiger partial charge in [-0.2, -0.15) is 0 Å². The van der Waals surface area contributed by atoms with E-state index in [4.69, 9.17) is 0 Å². The van der Waals surface area contributed by atoms with Crippen molar-refractivity contribution in [2.24, 2.45) is 5.92 Å². The number of thiophene rings is 1. The van der Waals surface area contributed by atoms with Crippen LogP contribution in [0, 0.1) is 5.92 Å². The first-order valence-electron chi connectivity index (χ1n) is 9.58. The van der Waals surface area contributed by atoms with E-state index in [9.17, 15) is 9.59 Å². The molecule has 3 aliphatic rings. The van der Waals surface area contributed by atoms with Gasteiger partial charge in [0.25, 0.3) is 5.91 Å². The zero-order valence-electron chi connectivity index (χ0n) is 14.7. The van der Waals surface area contributed by atoms with Gasteiger partial charge in [-0.25, -0.2) is 0 Å². The Morgan fingerprint density at radius 3 is 2.56 bits per heavy atom. The predicted molar refractivity (Wildman–Crippen MR) is 98.7 cm³/mol. The highest BCUT2D eigenvalue weighted by atomic mass is 32.1. The van der Waals surface area contributed by atoms with Crippen LogP contribution >= 0.6 is 11.3 Å². The summed E-state index contributed by atoms with van der Waals surface area (Å²) in [5, 5.41) is 5.13. The molecular formula is C19H27N3O2S. The summed E-state index contributed by atoms with van der Waals surface area (Å²) in [6, 6.07) is 4.82. The van der Waals surface area contributed by atoms with Crippen molar-refractivity contribution in [3.63, 3.8) is 0 Å². The highest BCUT2D eigenvalue weighted by Crippen LogP contribution is 2.26. The van der Waals surface area contributed by atoms with Gasteiger partial charge in [0.1, 0.15) is 0 Å². The van der Waals surface area contributed by atoms with Crippen molar-refractivity contribution < 1.29 is 9.59 Å². The Morgan fingerprint density at radius 2 is 1.88 bits per heavy atom. The van der Waals surface area contributed by atoms with Crippen LogP contribution in [0.1, 0.15) is 48.2 Å². The van der Waals surface area contributed by atoms with Crippen molar-refractivity contribution in [2.75, 3.05) is 26.2 Å². The Bertz CT molecular complexity index is 606. The lowest BCUT2D eigenvalue weighted by Gasteiger charge is -2.42. The van der Waals surface area contributed by atoms with Gasteiger partial charge in [0, 0.05) is 31.7 Å². The predicted octanol–water partition coefficient (Wildman–Crippen LogP) is 2.34. The van der Waals surface area contributed by atoms with E-state index < -0.39 is 0 Å². The normalized spacial score (nSPS) is 25.8. The summed E-state index contributed by atoms with van der Waals surface area (Å²) in [4.78, 5) is 30.2. The minimum atomic E-state index is 0.153. The van der Waals surface area contributed by atoms with Gasteiger partial charge in [0.05, 0.1) is 10.8 Å². The smallest absolute Gasteiger partial charge is 0.263 e. The molecule has 1 atom stereocenters. The van der Waals surface area contributed by atoms with E-state index in [0.717, 1.165) is 69.6 Å². The van der Waals surface area contributed by atoms with E-state index in [0.29, 0.717) is 12.1 Å². The van der Waals surface area contributed by atoms with E-state index in [2.05, 4.69) is 10.2 Å². The fourth-order valence-corrected chi connectivity index (χ4v) is 4.78. The first kappa shape index (κ1) is 17.0. The zero-order valence-corrected chi connectivity index (χ0v) is 15.5. The molecule has 0 unspecified atom stereocenters. The summed E-state index contributed by atoms with van der Waals surface area (Å²) in [5.41, 5.74) is 0. The number of nitrogens with one attached hydrogen (secondary N) is 1. The highest BCUT2D eigenvalue weighted by Gasteiger charge is 2.34. The van der Waals surface area contributed by atoms with Crippen LogP contribution in [0.4, 0.5) is 0 Å². The minimum Gasteiger partial charge on any atom is -0.353 e. The Labute approximate surface area is 153 Å². The number of hydrogen-bond donors (Lipinski definition) is 1. The van der Waals surface area contributed by atoms with Crippen LogP contribution in [-0.4, -0.2) is 59.9 Å². The number of nitrogens with zero attached hydrogens (tertiary/aromatic N) is 2. The van der Waals surface area contributed by atoms with Crippen LogP contribution in [0.3, 0.4) is 0 Å². The molecular weight excluding hydrogens is 334 g/mol. The second kappa shape index (κ2) is 7.46. The first-order chi connectivity index (χ1) is 12.2. The third-order valence-corrected chi connectivity index (χ3v) is 6.61. The van der Waals surface area contributed by atoms with E-state index in [1.54, 1.807) is 0 Å². The fraction of sp³-hybridized carbons (Fsp3) is 0.684. The molecule has 0 aromatic carbocycles. The zero-order chi connectivity index (χ0) is 17.2. The third kappa shape index (κ3) is 4.06. The van der Waals surface area contributed by atoms with Crippen molar-refractivity contribution in [2.45, 2.75) is 50.6 Å². The van der Waals surface area contributed by atoms with Crippen LogP contribution in [0.5, 0.6) is 0 Å². The molecule has 3 fully saturated rings. The van der Waals surface area contributed by atoms with E-state index in [1.165, 1.54) is 11.3 Å². The van der Waals surface area contributed by atoms with Crippen molar-refractivity contribution in [1.29, 1.82) is 0 Å². The van der Waals surface area contributed by atoms with Gasteiger partial charge in [-0.15, -0.1) is 11.3 Å². The van der Waals surface area contributed by atoms with Gasteiger partial charge in [-0.3, -0.25) is 14.5 Å². The van der Waals surface area contributed by atoms with Gasteiger partial charge in [0.2, 0.25) is 5.91 Å². The summed E-state index contributed by atoms with van der Waals surface area (Å²) >= 11 is 1.52. The highest BCUT2D eigenvalue weighted by molar-refractivity contribution is 7.12. The van der Waals surface area contributed by atoms with Gasteiger partial charge in [-0.1, -0.05) is 6.07 Å². The molecule has 1 aromatic rings. The molecule has 4 rings (SSSR count). The molecule has 5 nitrogen and oxygen atoms in total. The molecule has 1 N–H and O–H groups in total. The van der Waals surface area contributed by atoms with Crippen LogP contribution in [0.25, 0.3) is 0 Å². The number of likely N-dealkylation sites (tertiary alicyclic amines) is 2. The summed E-state index contributed by atoms with van der Waals surface area (Å²) in [7, 11) is 0. The maximum atomic E-state index is 12.5. The standard InChI is InChI=1S/C19H27N3O2S/c23-18(20-15-5-6-15)14-3-1-9-22(13-14)16-7-10-21(11-8-16)19(24)17-4-2-12-25-17/h2,4,12,14-16H,1,3,5-11,13H2,(H,20,23)/t14-/m0/s1. The number of carbonyl (C=O) groups excluding carboxylic acids is 2. The quantitative estimate of drug-likeness (QED) is 0.896. The first-order valence-corrected chi connectivity index (χ1v) is 10.5. The Kier molecular flexibility index (Phi) is 5.08. The Morgan fingerprint density at radius 1 is 1.08 bits per heavy atom.